The third-order valence-electron chi connectivity index (χ3n) is 5.41. The number of nitrogens with zero attached hydrogens (tertiary/aromatic N) is 5. The first-order valence-corrected chi connectivity index (χ1v) is 11.4. The molecule has 0 aliphatic carbocycles. The quantitative estimate of drug-likeness (QED) is 0.520. The highest BCUT2D eigenvalue weighted by atomic mass is 32.2. The number of hydrogen-bond acceptors (Lipinski definition) is 5. The van der Waals surface area contributed by atoms with Gasteiger partial charge >= 0.3 is 0 Å². The van der Waals surface area contributed by atoms with Crippen molar-refractivity contribution < 1.29 is 9.18 Å². The summed E-state index contributed by atoms with van der Waals surface area (Å²) in [5.74, 6) is 0.629. The Kier molecular flexibility index (Phi) is 6.56. The summed E-state index contributed by atoms with van der Waals surface area (Å²) in [6.45, 7) is 4.20. The van der Waals surface area contributed by atoms with Gasteiger partial charge in [-0.15, -0.1) is 10.2 Å². The Labute approximate surface area is 186 Å². The Morgan fingerprint density at radius 3 is 2.52 bits per heavy atom. The maximum Gasteiger partial charge on any atom is 0.233 e. The number of carbonyl (C=O) groups is 1. The highest BCUT2D eigenvalue weighted by molar-refractivity contribution is 7.99. The largest absolute Gasteiger partial charge is 0.341 e. The van der Waals surface area contributed by atoms with Gasteiger partial charge in [-0.2, -0.15) is 0 Å². The number of thioether (sulfide) groups is 1. The summed E-state index contributed by atoms with van der Waals surface area (Å²) in [5, 5.41) is 9.51. The van der Waals surface area contributed by atoms with Crippen molar-refractivity contribution in [1.29, 1.82) is 0 Å². The molecule has 1 saturated heterocycles. The molecule has 1 fully saturated rings. The van der Waals surface area contributed by atoms with Crippen LogP contribution in [0.25, 0.3) is 5.69 Å². The number of aromatic nitrogens is 3. The molecule has 2 heterocycles. The van der Waals surface area contributed by atoms with Gasteiger partial charge < -0.3 is 9.80 Å². The van der Waals surface area contributed by atoms with Gasteiger partial charge in [0.1, 0.15) is 5.82 Å². The fraction of sp³-hybridized carbons (Fsp3) is 0.348. The van der Waals surface area contributed by atoms with Gasteiger partial charge in [0.05, 0.1) is 11.4 Å². The minimum Gasteiger partial charge on any atom is -0.341 e. The Morgan fingerprint density at radius 2 is 1.81 bits per heavy atom. The van der Waals surface area contributed by atoms with Gasteiger partial charge in [0.25, 0.3) is 0 Å². The van der Waals surface area contributed by atoms with Crippen molar-refractivity contribution in [2.24, 2.45) is 0 Å². The lowest BCUT2D eigenvalue weighted by Crippen LogP contribution is -2.28. The highest BCUT2D eigenvalue weighted by Crippen LogP contribution is 2.29. The molecule has 1 amide bonds. The molecule has 4 rings (SSSR count). The van der Waals surface area contributed by atoms with E-state index in [4.69, 9.17) is 0 Å². The first-order valence-electron chi connectivity index (χ1n) is 10.4. The molecule has 1 aliphatic rings. The molecule has 8 heteroatoms. The number of rotatable bonds is 7. The summed E-state index contributed by atoms with van der Waals surface area (Å²) < 4.78 is 15.9. The monoisotopic (exact) mass is 439 g/mol. The zero-order valence-electron chi connectivity index (χ0n) is 17.8. The van der Waals surface area contributed by atoms with Crippen LogP contribution in [-0.4, -0.2) is 51.5 Å². The van der Waals surface area contributed by atoms with Crippen LogP contribution in [0.1, 0.15) is 24.0 Å². The van der Waals surface area contributed by atoms with E-state index in [2.05, 4.69) is 46.3 Å². The Bertz CT molecular complexity index is 1050. The number of anilines is 1. The van der Waals surface area contributed by atoms with Crippen molar-refractivity contribution in [2.75, 3.05) is 30.8 Å². The molecule has 1 aromatic heterocycles. The Morgan fingerprint density at radius 1 is 1.10 bits per heavy atom. The average molecular weight is 440 g/mol. The summed E-state index contributed by atoms with van der Waals surface area (Å²) in [7, 11) is 1.69. The SMILES string of the molecule is Cc1ccc(-n2c(SCC(=O)N(C)Cc3ccccc3F)nnc2N2CCCC2)cc1. The average Bonchev–Trinajstić information content (AvgIpc) is 3.44. The van der Waals surface area contributed by atoms with E-state index in [-0.39, 0.29) is 24.0 Å². The van der Waals surface area contributed by atoms with Crippen LogP contribution in [-0.2, 0) is 11.3 Å². The molecule has 6 nitrogen and oxygen atoms in total. The summed E-state index contributed by atoms with van der Waals surface area (Å²) in [6, 6.07) is 14.7. The molecule has 0 saturated carbocycles. The van der Waals surface area contributed by atoms with Crippen LogP contribution in [0.15, 0.2) is 53.7 Å². The predicted octanol–water partition coefficient (Wildman–Crippen LogP) is 4.07. The Hall–Kier alpha value is -2.87. The normalized spacial score (nSPS) is 13.6. The van der Waals surface area contributed by atoms with Gasteiger partial charge in [-0.1, -0.05) is 47.7 Å². The fourth-order valence-corrected chi connectivity index (χ4v) is 4.49. The zero-order chi connectivity index (χ0) is 21.8. The van der Waals surface area contributed by atoms with E-state index < -0.39 is 0 Å². The standard InChI is InChI=1S/C23H26FN5OS/c1-17-9-11-19(12-10-17)29-22(28-13-5-6-14-28)25-26-23(29)31-16-21(30)27(2)15-18-7-3-4-8-20(18)24/h3-4,7-12H,5-6,13-16H2,1-2H3. The lowest BCUT2D eigenvalue weighted by atomic mass is 10.2. The fourth-order valence-electron chi connectivity index (χ4n) is 3.60. The van der Waals surface area contributed by atoms with Crippen molar-refractivity contribution in [2.45, 2.75) is 31.5 Å². The van der Waals surface area contributed by atoms with Gasteiger partial charge in [-0.05, 0) is 38.0 Å². The number of carbonyl (C=O) groups excluding carboxylic acids is 1. The van der Waals surface area contributed by atoms with Crippen molar-refractivity contribution in [3.8, 4) is 5.69 Å². The lowest BCUT2D eigenvalue weighted by molar-refractivity contribution is -0.127. The zero-order valence-corrected chi connectivity index (χ0v) is 18.6. The van der Waals surface area contributed by atoms with Gasteiger partial charge in [-0.25, -0.2) is 4.39 Å². The van der Waals surface area contributed by atoms with Crippen molar-refractivity contribution in [3.63, 3.8) is 0 Å². The second kappa shape index (κ2) is 9.51. The summed E-state index contributed by atoms with van der Waals surface area (Å²) in [4.78, 5) is 16.5. The maximum absolute atomic E-state index is 13.9. The number of aryl methyl sites for hydroxylation is 1. The van der Waals surface area contributed by atoms with Gasteiger partial charge in [-0.3, -0.25) is 9.36 Å². The molecule has 0 bridgehead atoms. The molecule has 1 aliphatic heterocycles. The summed E-state index contributed by atoms with van der Waals surface area (Å²) in [6.07, 6.45) is 2.28. The number of amides is 1. The van der Waals surface area contributed by atoms with Gasteiger partial charge in [0.2, 0.25) is 11.9 Å². The third kappa shape index (κ3) is 4.90. The molecule has 3 aromatic rings. The summed E-state index contributed by atoms with van der Waals surface area (Å²) >= 11 is 1.35. The van der Waals surface area contributed by atoms with E-state index in [1.165, 1.54) is 23.4 Å². The molecule has 31 heavy (non-hydrogen) atoms. The van der Waals surface area contributed by atoms with E-state index in [9.17, 15) is 9.18 Å². The molecular weight excluding hydrogens is 413 g/mol. The molecule has 2 aromatic carbocycles. The second-order valence-corrected chi connectivity index (χ2v) is 8.72. The topological polar surface area (TPSA) is 54.3 Å². The van der Waals surface area contributed by atoms with Gasteiger partial charge in [0, 0.05) is 32.2 Å². The molecule has 0 unspecified atom stereocenters. The van der Waals surface area contributed by atoms with Crippen LogP contribution >= 0.6 is 11.8 Å². The molecule has 0 radical (unpaired) electrons. The molecule has 0 atom stereocenters. The van der Waals surface area contributed by atoms with Crippen molar-refractivity contribution in [1.82, 2.24) is 19.7 Å². The van der Waals surface area contributed by atoms with Crippen LogP contribution < -0.4 is 4.90 Å². The Balaban J connectivity index is 1.50. The molecule has 162 valence electrons. The van der Waals surface area contributed by atoms with Crippen LogP contribution in [0, 0.1) is 12.7 Å². The van der Waals surface area contributed by atoms with Crippen LogP contribution in [0.2, 0.25) is 0 Å². The number of hydrogen-bond donors (Lipinski definition) is 0. The highest BCUT2D eigenvalue weighted by Gasteiger charge is 2.23. The second-order valence-electron chi connectivity index (χ2n) is 7.78. The minimum atomic E-state index is -0.302. The van der Waals surface area contributed by atoms with Crippen molar-refractivity contribution >= 4 is 23.6 Å². The molecule has 0 spiro atoms. The summed E-state index contributed by atoms with van der Waals surface area (Å²) in [5.41, 5.74) is 2.66. The van der Waals surface area contributed by atoms with Gasteiger partial charge in [0.15, 0.2) is 5.16 Å². The van der Waals surface area contributed by atoms with E-state index >= 15 is 0 Å². The first-order chi connectivity index (χ1) is 15.0. The van der Waals surface area contributed by atoms with Crippen LogP contribution in [0.3, 0.4) is 0 Å². The smallest absolute Gasteiger partial charge is 0.233 e. The van der Waals surface area contributed by atoms with E-state index in [0.29, 0.717) is 10.7 Å². The van der Waals surface area contributed by atoms with E-state index in [0.717, 1.165) is 37.6 Å². The molecular formula is C23H26FN5OS. The van der Waals surface area contributed by atoms with Crippen LogP contribution in [0.4, 0.5) is 10.3 Å². The van der Waals surface area contributed by atoms with Crippen molar-refractivity contribution in [3.05, 3.63) is 65.5 Å². The maximum atomic E-state index is 13.9. The minimum absolute atomic E-state index is 0.0885. The van der Waals surface area contributed by atoms with Crippen LogP contribution in [0.5, 0.6) is 0 Å². The van der Waals surface area contributed by atoms with E-state index in [1.807, 2.05) is 4.57 Å². The predicted molar refractivity (Wildman–Crippen MR) is 121 cm³/mol. The third-order valence-corrected chi connectivity index (χ3v) is 6.33. The number of benzene rings is 2. The van der Waals surface area contributed by atoms with E-state index in [1.54, 1.807) is 30.1 Å². The lowest BCUT2D eigenvalue weighted by Gasteiger charge is -2.19. The number of halogens is 1. The molecule has 0 N–H and O–H groups in total. The first kappa shape index (κ1) is 21.4.